The van der Waals surface area contributed by atoms with Crippen molar-refractivity contribution in [3.8, 4) is 0 Å². The summed E-state index contributed by atoms with van der Waals surface area (Å²) in [6.07, 6.45) is 2.61. The molecule has 0 atom stereocenters. The first kappa shape index (κ1) is 12.5. The van der Waals surface area contributed by atoms with Gasteiger partial charge in [-0.15, -0.1) is 0 Å². The molecule has 2 aliphatic rings. The van der Waals surface area contributed by atoms with Crippen LogP contribution in [0.4, 0.5) is 11.4 Å². The number of benzene rings is 1. The van der Waals surface area contributed by atoms with Crippen LogP contribution in [0.1, 0.15) is 24.0 Å². The van der Waals surface area contributed by atoms with Crippen molar-refractivity contribution >= 4 is 17.3 Å². The molecule has 1 fully saturated rings. The van der Waals surface area contributed by atoms with Crippen LogP contribution in [-0.2, 0) is 16.0 Å². The van der Waals surface area contributed by atoms with E-state index in [2.05, 4.69) is 6.07 Å². The zero-order chi connectivity index (χ0) is 13.4. The summed E-state index contributed by atoms with van der Waals surface area (Å²) < 4.78 is 5.33. The number of carbonyl (C=O) groups excluding carboxylic acids is 1. The maximum Gasteiger partial charge on any atom is 0.230 e. The Hall–Kier alpha value is -1.55. The van der Waals surface area contributed by atoms with Gasteiger partial charge in [0, 0.05) is 37.1 Å². The van der Waals surface area contributed by atoms with Crippen molar-refractivity contribution in [2.75, 3.05) is 30.4 Å². The minimum atomic E-state index is 0.113. The Balaban J connectivity index is 1.85. The standard InChI is InChI=1S/C15H20N2O2/c1-10-8-12-2-5-17(14(12)9-13(10)16)15(18)11-3-6-19-7-4-11/h8-9,11H,2-7,16H2,1H3. The molecule has 0 aliphatic carbocycles. The highest BCUT2D eigenvalue weighted by molar-refractivity contribution is 5.97. The van der Waals surface area contributed by atoms with Gasteiger partial charge in [0.05, 0.1) is 0 Å². The molecule has 0 unspecified atom stereocenters. The second-order valence-electron chi connectivity index (χ2n) is 5.46. The molecule has 3 rings (SSSR count). The van der Waals surface area contributed by atoms with E-state index in [0.29, 0.717) is 13.2 Å². The second kappa shape index (κ2) is 4.85. The molecule has 1 amide bonds. The number of nitrogens with zero attached hydrogens (tertiary/aromatic N) is 1. The van der Waals surface area contributed by atoms with Crippen molar-refractivity contribution in [3.05, 3.63) is 23.3 Å². The monoisotopic (exact) mass is 260 g/mol. The molecule has 1 aromatic rings. The zero-order valence-corrected chi connectivity index (χ0v) is 11.3. The fourth-order valence-electron chi connectivity index (χ4n) is 2.97. The lowest BCUT2D eigenvalue weighted by Gasteiger charge is -2.27. The number of carbonyl (C=O) groups is 1. The van der Waals surface area contributed by atoms with Gasteiger partial charge in [-0.05, 0) is 43.4 Å². The SMILES string of the molecule is Cc1cc2c(cc1N)N(C(=O)C1CCOCC1)CC2. The minimum Gasteiger partial charge on any atom is -0.398 e. The molecule has 19 heavy (non-hydrogen) atoms. The third kappa shape index (κ3) is 2.21. The molecule has 2 N–H and O–H groups in total. The Morgan fingerprint density at radius 3 is 2.84 bits per heavy atom. The molecule has 0 aromatic heterocycles. The molecule has 1 saturated heterocycles. The van der Waals surface area contributed by atoms with E-state index in [1.54, 1.807) is 0 Å². The van der Waals surface area contributed by atoms with Crippen LogP contribution >= 0.6 is 0 Å². The number of amides is 1. The van der Waals surface area contributed by atoms with E-state index >= 15 is 0 Å². The molecule has 0 radical (unpaired) electrons. The van der Waals surface area contributed by atoms with Crippen LogP contribution in [0.2, 0.25) is 0 Å². The Morgan fingerprint density at radius 1 is 1.37 bits per heavy atom. The number of hydrogen-bond donors (Lipinski definition) is 1. The van der Waals surface area contributed by atoms with Crippen molar-refractivity contribution < 1.29 is 9.53 Å². The predicted octanol–water partition coefficient (Wildman–Crippen LogP) is 1.89. The number of anilines is 2. The molecule has 0 bridgehead atoms. The number of rotatable bonds is 1. The molecular weight excluding hydrogens is 240 g/mol. The molecule has 1 aromatic carbocycles. The highest BCUT2D eigenvalue weighted by Gasteiger charge is 2.31. The predicted molar refractivity (Wildman–Crippen MR) is 75.2 cm³/mol. The topological polar surface area (TPSA) is 55.6 Å². The van der Waals surface area contributed by atoms with E-state index < -0.39 is 0 Å². The summed E-state index contributed by atoms with van der Waals surface area (Å²) in [6.45, 7) is 4.20. The van der Waals surface area contributed by atoms with Crippen LogP contribution in [0.25, 0.3) is 0 Å². The Bertz CT molecular complexity index is 507. The maximum atomic E-state index is 12.6. The first-order valence-electron chi connectivity index (χ1n) is 6.95. The summed E-state index contributed by atoms with van der Waals surface area (Å²) >= 11 is 0. The smallest absolute Gasteiger partial charge is 0.230 e. The van der Waals surface area contributed by atoms with Gasteiger partial charge in [-0.1, -0.05) is 6.07 Å². The van der Waals surface area contributed by atoms with E-state index in [1.165, 1.54) is 5.56 Å². The fourth-order valence-corrected chi connectivity index (χ4v) is 2.97. The van der Waals surface area contributed by atoms with Gasteiger partial charge >= 0.3 is 0 Å². The van der Waals surface area contributed by atoms with Gasteiger partial charge < -0.3 is 15.4 Å². The van der Waals surface area contributed by atoms with Crippen LogP contribution in [0.5, 0.6) is 0 Å². The lowest BCUT2D eigenvalue weighted by Crippen LogP contribution is -2.37. The van der Waals surface area contributed by atoms with E-state index in [1.807, 2.05) is 17.9 Å². The van der Waals surface area contributed by atoms with Gasteiger partial charge in [0.1, 0.15) is 0 Å². The summed E-state index contributed by atoms with van der Waals surface area (Å²) in [4.78, 5) is 14.5. The van der Waals surface area contributed by atoms with Crippen LogP contribution in [-0.4, -0.2) is 25.7 Å². The van der Waals surface area contributed by atoms with Crippen molar-refractivity contribution in [3.63, 3.8) is 0 Å². The lowest BCUT2D eigenvalue weighted by atomic mass is 9.98. The first-order valence-corrected chi connectivity index (χ1v) is 6.95. The Morgan fingerprint density at radius 2 is 2.11 bits per heavy atom. The average Bonchev–Trinajstić information content (AvgIpc) is 2.82. The van der Waals surface area contributed by atoms with E-state index in [-0.39, 0.29) is 11.8 Å². The molecule has 2 heterocycles. The van der Waals surface area contributed by atoms with E-state index in [9.17, 15) is 4.79 Å². The zero-order valence-electron chi connectivity index (χ0n) is 11.3. The number of nitrogens with two attached hydrogens (primary N) is 1. The van der Waals surface area contributed by atoms with Gasteiger partial charge in [0.15, 0.2) is 0 Å². The Kier molecular flexibility index (Phi) is 3.19. The summed E-state index contributed by atoms with van der Waals surface area (Å²) in [7, 11) is 0. The number of ether oxygens (including phenoxy) is 1. The summed E-state index contributed by atoms with van der Waals surface area (Å²) in [6, 6.07) is 4.07. The largest absolute Gasteiger partial charge is 0.398 e. The van der Waals surface area contributed by atoms with Crippen molar-refractivity contribution in [1.29, 1.82) is 0 Å². The summed E-state index contributed by atoms with van der Waals surface area (Å²) in [5.41, 5.74) is 10.1. The van der Waals surface area contributed by atoms with Crippen LogP contribution in [0, 0.1) is 12.8 Å². The third-order valence-electron chi connectivity index (χ3n) is 4.20. The van der Waals surface area contributed by atoms with Gasteiger partial charge in [-0.25, -0.2) is 0 Å². The number of aryl methyl sites for hydroxylation is 1. The van der Waals surface area contributed by atoms with Gasteiger partial charge in [-0.3, -0.25) is 4.79 Å². The summed E-state index contributed by atoms with van der Waals surface area (Å²) in [5.74, 6) is 0.354. The first-order chi connectivity index (χ1) is 9.16. The van der Waals surface area contributed by atoms with Crippen LogP contribution < -0.4 is 10.6 Å². The van der Waals surface area contributed by atoms with Gasteiger partial charge in [0.2, 0.25) is 5.91 Å². The molecule has 4 heteroatoms. The molecule has 102 valence electrons. The number of nitrogen functional groups attached to an aromatic ring is 1. The van der Waals surface area contributed by atoms with Gasteiger partial charge in [-0.2, -0.15) is 0 Å². The van der Waals surface area contributed by atoms with Crippen LogP contribution in [0.15, 0.2) is 12.1 Å². The van der Waals surface area contributed by atoms with Gasteiger partial charge in [0.25, 0.3) is 0 Å². The average molecular weight is 260 g/mol. The third-order valence-corrected chi connectivity index (χ3v) is 4.20. The van der Waals surface area contributed by atoms with E-state index in [0.717, 1.165) is 42.7 Å². The number of fused-ring (bicyclic) bond motifs is 1. The Labute approximate surface area is 113 Å². The van der Waals surface area contributed by atoms with Crippen molar-refractivity contribution in [1.82, 2.24) is 0 Å². The highest BCUT2D eigenvalue weighted by atomic mass is 16.5. The fraction of sp³-hybridized carbons (Fsp3) is 0.533. The van der Waals surface area contributed by atoms with Crippen LogP contribution in [0.3, 0.4) is 0 Å². The normalized spacial score (nSPS) is 19.5. The highest BCUT2D eigenvalue weighted by Crippen LogP contribution is 2.34. The van der Waals surface area contributed by atoms with Crippen molar-refractivity contribution in [2.45, 2.75) is 26.2 Å². The molecule has 2 aliphatic heterocycles. The molecular formula is C15H20N2O2. The maximum absolute atomic E-state index is 12.6. The summed E-state index contributed by atoms with van der Waals surface area (Å²) in [5, 5.41) is 0. The van der Waals surface area contributed by atoms with E-state index in [4.69, 9.17) is 10.5 Å². The molecule has 0 saturated carbocycles. The van der Waals surface area contributed by atoms with Crippen molar-refractivity contribution in [2.24, 2.45) is 5.92 Å². The lowest BCUT2D eigenvalue weighted by molar-refractivity contribution is -0.125. The molecule has 4 nitrogen and oxygen atoms in total. The minimum absolute atomic E-state index is 0.113. The molecule has 0 spiro atoms. The quantitative estimate of drug-likeness (QED) is 0.785. The second-order valence-corrected chi connectivity index (χ2v) is 5.46. The number of hydrogen-bond acceptors (Lipinski definition) is 3.